The fourth-order valence-electron chi connectivity index (χ4n) is 2.23. The summed E-state index contributed by atoms with van der Waals surface area (Å²) in [5.74, 6) is 1.74. The van der Waals surface area contributed by atoms with Crippen molar-refractivity contribution in [3.05, 3.63) is 29.8 Å². The molecule has 1 saturated heterocycles. The normalized spacial score (nSPS) is 25.5. The Morgan fingerprint density at radius 2 is 2.33 bits per heavy atom. The maximum Gasteiger partial charge on any atom is 0.119 e. The zero-order valence-electron chi connectivity index (χ0n) is 9.49. The summed E-state index contributed by atoms with van der Waals surface area (Å²) >= 11 is 0. The molecule has 2 unspecified atom stereocenters. The van der Waals surface area contributed by atoms with Crippen LogP contribution in [0.15, 0.2) is 24.3 Å². The summed E-state index contributed by atoms with van der Waals surface area (Å²) in [5.41, 5.74) is 1.36. The third-order valence-corrected chi connectivity index (χ3v) is 3.28. The minimum absolute atomic E-state index is 0.636. The quantitative estimate of drug-likeness (QED) is 0.817. The summed E-state index contributed by atoms with van der Waals surface area (Å²) in [5, 5.41) is 3.55. The third kappa shape index (κ3) is 2.51. The van der Waals surface area contributed by atoms with E-state index >= 15 is 0 Å². The second kappa shape index (κ2) is 4.67. The van der Waals surface area contributed by atoms with Crippen molar-refractivity contribution >= 4 is 0 Å². The molecule has 1 aromatic rings. The molecule has 0 amide bonds. The molecule has 2 heteroatoms. The van der Waals surface area contributed by atoms with Gasteiger partial charge in [0.2, 0.25) is 0 Å². The van der Waals surface area contributed by atoms with Gasteiger partial charge >= 0.3 is 0 Å². The molecule has 2 atom stereocenters. The zero-order valence-corrected chi connectivity index (χ0v) is 9.49. The molecule has 1 aromatic carbocycles. The highest BCUT2D eigenvalue weighted by Crippen LogP contribution is 2.20. The van der Waals surface area contributed by atoms with E-state index in [2.05, 4.69) is 30.4 Å². The van der Waals surface area contributed by atoms with Crippen LogP contribution in [0.3, 0.4) is 0 Å². The van der Waals surface area contributed by atoms with Crippen molar-refractivity contribution in [3.8, 4) is 5.75 Å². The number of ether oxygens (including phenoxy) is 1. The Labute approximate surface area is 91.6 Å². The Morgan fingerprint density at radius 1 is 1.47 bits per heavy atom. The third-order valence-electron chi connectivity index (χ3n) is 3.28. The van der Waals surface area contributed by atoms with Crippen LogP contribution in [0, 0.1) is 5.92 Å². The van der Waals surface area contributed by atoms with Crippen molar-refractivity contribution < 1.29 is 4.74 Å². The lowest BCUT2D eigenvalue weighted by atomic mass is 9.96. The van der Waals surface area contributed by atoms with Crippen LogP contribution in [0.4, 0.5) is 0 Å². The van der Waals surface area contributed by atoms with Crippen molar-refractivity contribution in [1.29, 1.82) is 0 Å². The lowest BCUT2D eigenvalue weighted by molar-refractivity contribution is 0.413. The van der Waals surface area contributed by atoms with Crippen molar-refractivity contribution in [1.82, 2.24) is 5.32 Å². The van der Waals surface area contributed by atoms with Gasteiger partial charge in [0.05, 0.1) is 7.11 Å². The number of methoxy groups -OCH3 is 1. The molecular weight excluding hydrogens is 186 g/mol. The molecule has 2 nitrogen and oxygen atoms in total. The van der Waals surface area contributed by atoms with Crippen molar-refractivity contribution in [2.24, 2.45) is 5.92 Å². The molecular formula is C13H19NO. The SMILES string of the molecule is COc1cccc(CC2NCCC2C)c1. The average molecular weight is 205 g/mol. The molecule has 1 fully saturated rings. The highest BCUT2D eigenvalue weighted by atomic mass is 16.5. The monoisotopic (exact) mass is 205 g/mol. The number of rotatable bonds is 3. The predicted octanol–water partition coefficient (Wildman–Crippen LogP) is 2.24. The van der Waals surface area contributed by atoms with Crippen LogP contribution in [0.2, 0.25) is 0 Å². The largest absolute Gasteiger partial charge is 0.497 e. The molecule has 1 aliphatic rings. The Bertz CT molecular complexity index is 324. The first kappa shape index (κ1) is 10.5. The predicted molar refractivity (Wildman–Crippen MR) is 62.3 cm³/mol. The van der Waals surface area contributed by atoms with Gasteiger partial charge in [0.1, 0.15) is 5.75 Å². The van der Waals surface area contributed by atoms with Crippen LogP contribution in [0.1, 0.15) is 18.9 Å². The van der Waals surface area contributed by atoms with Gasteiger partial charge in [-0.2, -0.15) is 0 Å². The molecule has 0 saturated carbocycles. The van der Waals surface area contributed by atoms with Crippen molar-refractivity contribution in [2.75, 3.05) is 13.7 Å². The minimum Gasteiger partial charge on any atom is -0.497 e. The molecule has 0 bridgehead atoms. The lowest BCUT2D eigenvalue weighted by Gasteiger charge is -2.15. The van der Waals surface area contributed by atoms with Gasteiger partial charge in [-0.25, -0.2) is 0 Å². The molecule has 1 aliphatic heterocycles. The van der Waals surface area contributed by atoms with Crippen LogP contribution in [0.25, 0.3) is 0 Å². The van der Waals surface area contributed by atoms with Crippen LogP contribution in [0.5, 0.6) is 5.75 Å². The number of benzene rings is 1. The van der Waals surface area contributed by atoms with Gasteiger partial charge in [-0.05, 0) is 43.0 Å². The average Bonchev–Trinajstić information content (AvgIpc) is 2.65. The van der Waals surface area contributed by atoms with E-state index in [0.717, 1.165) is 24.6 Å². The van der Waals surface area contributed by atoms with Gasteiger partial charge in [-0.15, -0.1) is 0 Å². The summed E-state index contributed by atoms with van der Waals surface area (Å²) in [7, 11) is 1.72. The second-order valence-electron chi connectivity index (χ2n) is 4.38. The Morgan fingerprint density at radius 3 is 3.00 bits per heavy atom. The van der Waals surface area contributed by atoms with E-state index < -0.39 is 0 Å². The molecule has 1 heterocycles. The van der Waals surface area contributed by atoms with E-state index in [9.17, 15) is 0 Å². The smallest absolute Gasteiger partial charge is 0.119 e. The minimum atomic E-state index is 0.636. The summed E-state index contributed by atoms with van der Waals surface area (Å²) in [6.45, 7) is 3.49. The van der Waals surface area contributed by atoms with Gasteiger partial charge in [0.15, 0.2) is 0 Å². The van der Waals surface area contributed by atoms with E-state index in [1.165, 1.54) is 12.0 Å². The van der Waals surface area contributed by atoms with Gasteiger partial charge < -0.3 is 10.1 Å². The standard InChI is InChI=1S/C13H19NO/c1-10-6-7-14-13(10)9-11-4-3-5-12(8-11)15-2/h3-5,8,10,13-14H,6-7,9H2,1-2H3. The Hall–Kier alpha value is -1.02. The zero-order chi connectivity index (χ0) is 10.7. The van der Waals surface area contributed by atoms with Crippen molar-refractivity contribution in [2.45, 2.75) is 25.8 Å². The maximum absolute atomic E-state index is 5.23. The number of nitrogens with one attached hydrogen (secondary N) is 1. The van der Waals surface area contributed by atoms with Gasteiger partial charge in [0.25, 0.3) is 0 Å². The molecule has 15 heavy (non-hydrogen) atoms. The van der Waals surface area contributed by atoms with Crippen LogP contribution in [-0.2, 0) is 6.42 Å². The number of hydrogen-bond donors (Lipinski definition) is 1. The van der Waals surface area contributed by atoms with E-state index in [4.69, 9.17) is 4.74 Å². The second-order valence-corrected chi connectivity index (χ2v) is 4.38. The summed E-state index contributed by atoms with van der Waals surface area (Å²) in [6.07, 6.45) is 2.41. The molecule has 0 aromatic heterocycles. The molecule has 2 rings (SSSR count). The van der Waals surface area contributed by atoms with Crippen molar-refractivity contribution in [3.63, 3.8) is 0 Å². The topological polar surface area (TPSA) is 21.3 Å². The van der Waals surface area contributed by atoms with E-state index in [1.54, 1.807) is 7.11 Å². The first-order valence-corrected chi connectivity index (χ1v) is 5.66. The van der Waals surface area contributed by atoms with Gasteiger partial charge in [-0.1, -0.05) is 19.1 Å². The van der Waals surface area contributed by atoms with E-state index in [-0.39, 0.29) is 0 Å². The molecule has 0 radical (unpaired) electrons. The van der Waals surface area contributed by atoms with Crippen LogP contribution in [-0.4, -0.2) is 19.7 Å². The van der Waals surface area contributed by atoms with Gasteiger partial charge in [0, 0.05) is 6.04 Å². The molecule has 0 aliphatic carbocycles. The first-order valence-electron chi connectivity index (χ1n) is 5.66. The van der Waals surface area contributed by atoms with Crippen LogP contribution >= 0.6 is 0 Å². The van der Waals surface area contributed by atoms with Gasteiger partial charge in [-0.3, -0.25) is 0 Å². The number of hydrogen-bond acceptors (Lipinski definition) is 2. The fourth-order valence-corrected chi connectivity index (χ4v) is 2.23. The first-order chi connectivity index (χ1) is 7.29. The highest BCUT2D eigenvalue weighted by molar-refractivity contribution is 5.29. The highest BCUT2D eigenvalue weighted by Gasteiger charge is 2.22. The Balaban J connectivity index is 2.03. The summed E-state index contributed by atoms with van der Waals surface area (Å²) < 4.78 is 5.23. The summed E-state index contributed by atoms with van der Waals surface area (Å²) in [4.78, 5) is 0. The van der Waals surface area contributed by atoms with E-state index in [1.807, 2.05) is 6.07 Å². The molecule has 0 spiro atoms. The fraction of sp³-hybridized carbons (Fsp3) is 0.538. The molecule has 82 valence electrons. The lowest BCUT2D eigenvalue weighted by Crippen LogP contribution is -2.27. The Kier molecular flexibility index (Phi) is 3.27. The maximum atomic E-state index is 5.23. The summed E-state index contributed by atoms with van der Waals surface area (Å²) in [6, 6.07) is 9.00. The van der Waals surface area contributed by atoms with Crippen LogP contribution < -0.4 is 10.1 Å². The molecule has 1 N–H and O–H groups in total. The van der Waals surface area contributed by atoms with E-state index in [0.29, 0.717) is 6.04 Å².